The van der Waals surface area contributed by atoms with Crippen molar-refractivity contribution < 1.29 is 14.7 Å². The first-order chi connectivity index (χ1) is 12.4. The van der Waals surface area contributed by atoms with E-state index in [0.717, 1.165) is 11.1 Å². The summed E-state index contributed by atoms with van der Waals surface area (Å²) in [7, 11) is 1.83. The minimum Gasteiger partial charge on any atom is -0.481 e. The van der Waals surface area contributed by atoms with Gasteiger partial charge in [0.2, 0.25) is 0 Å². The van der Waals surface area contributed by atoms with Crippen LogP contribution in [0.4, 0.5) is 4.79 Å². The van der Waals surface area contributed by atoms with Crippen LogP contribution in [0.15, 0.2) is 42.7 Å². The molecule has 2 heterocycles. The fourth-order valence-electron chi connectivity index (χ4n) is 3.44. The molecule has 0 saturated carbocycles. The van der Waals surface area contributed by atoms with Gasteiger partial charge in [-0.25, -0.2) is 4.79 Å². The lowest BCUT2D eigenvalue weighted by Gasteiger charge is -2.36. The number of carboxylic acid groups (broad SMARTS) is 1. The van der Waals surface area contributed by atoms with Crippen molar-refractivity contribution in [3.05, 3.63) is 53.9 Å². The molecule has 0 bridgehead atoms. The van der Waals surface area contributed by atoms with Crippen LogP contribution in [0.3, 0.4) is 0 Å². The predicted molar refractivity (Wildman–Crippen MR) is 96.7 cm³/mol. The van der Waals surface area contributed by atoms with E-state index < -0.39 is 11.9 Å². The van der Waals surface area contributed by atoms with Gasteiger partial charge in [-0.3, -0.25) is 9.48 Å². The van der Waals surface area contributed by atoms with Gasteiger partial charge in [-0.2, -0.15) is 5.10 Å². The average Bonchev–Trinajstić information content (AvgIpc) is 3.08. The van der Waals surface area contributed by atoms with Gasteiger partial charge in [-0.05, 0) is 24.5 Å². The summed E-state index contributed by atoms with van der Waals surface area (Å²) >= 11 is 0. The lowest BCUT2D eigenvalue weighted by Crippen LogP contribution is -2.49. The highest BCUT2D eigenvalue weighted by molar-refractivity contribution is 5.77. The van der Waals surface area contributed by atoms with E-state index in [1.54, 1.807) is 15.8 Å². The molecule has 1 aliphatic rings. The summed E-state index contributed by atoms with van der Waals surface area (Å²) in [6.45, 7) is 2.63. The summed E-state index contributed by atoms with van der Waals surface area (Å²) < 4.78 is 1.70. The summed E-state index contributed by atoms with van der Waals surface area (Å²) in [6.07, 6.45) is 4.15. The number of carboxylic acids is 1. The first-order valence-corrected chi connectivity index (χ1v) is 8.75. The number of likely N-dealkylation sites (tertiary alicyclic amines) is 1. The maximum absolute atomic E-state index is 12.7. The van der Waals surface area contributed by atoms with Gasteiger partial charge in [-0.15, -0.1) is 0 Å². The molecule has 3 rings (SSSR count). The van der Waals surface area contributed by atoms with Gasteiger partial charge in [0.1, 0.15) is 0 Å². The highest BCUT2D eigenvalue weighted by atomic mass is 16.4. The van der Waals surface area contributed by atoms with Gasteiger partial charge in [0.25, 0.3) is 0 Å². The number of benzene rings is 1. The molecule has 138 valence electrons. The zero-order valence-electron chi connectivity index (χ0n) is 15.0. The van der Waals surface area contributed by atoms with E-state index in [0.29, 0.717) is 13.0 Å². The van der Waals surface area contributed by atoms with Crippen LogP contribution in [0.2, 0.25) is 0 Å². The first-order valence-electron chi connectivity index (χ1n) is 8.75. The van der Waals surface area contributed by atoms with Gasteiger partial charge in [-0.1, -0.05) is 30.3 Å². The van der Waals surface area contributed by atoms with Gasteiger partial charge in [0.05, 0.1) is 18.2 Å². The van der Waals surface area contributed by atoms with E-state index in [2.05, 4.69) is 10.4 Å². The number of rotatable bonds is 4. The van der Waals surface area contributed by atoms with Crippen LogP contribution in [-0.2, 0) is 11.8 Å². The number of nitrogens with one attached hydrogen (secondary N) is 1. The van der Waals surface area contributed by atoms with E-state index >= 15 is 0 Å². The lowest BCUT2D eigenvalue weighted by atomic mass is 9.86. The number of aromatic nitrogens is 2. The monoisotopic (exact) mass is 356 g/mol. The molecular formula is C19H24N4O3. The maximum Gasteiger partial charge on any atom is 0.317 e. The molecule has 26 heavy (non-hydrogen) atoms. The van der Waals surface area contributed by atoms with Crippen molar-refractivity contribution >= 4 is 12.0 Å². The van der Waals surface area contributed by atoms with Crippen molar-refractivity contribution in [3.63, 3.8) is 0 Å². The van der Waals surface area contributed by atoms with Gasteiger partial charge in [0.15, 0.2) is 0 Å². The molecule has 2 amide bonds. The Morgan fingerprint density at radius 3 is 2.62 bits per heavy atom. The number of nitrogens with zero attached hydrogens (tertiary/aromatic N) is 3. The quantitative estimate of drug-likeness (QED) is 0.880. The molecule has 0 spiro atoms. The Hall–Kier alpha value is -2.83. The standard InChI is InChI=1S/C19H24N4O3/c1-13(14-6-4-3-5-7-14)21-19(26)23-11-15(8-16(12-23)18(24)25)17-9-20-22(2)10-17/h3-7,9-10,13,15-16H,8,11-12H2,1-2H3,(H,21,26)(H,24,25). The average molecular weight is 356 g/mol. The molecule has 1 aliphatic heterocycles. The molecular weight excluding hydrogens is 332 g/mol. The van der Waals surface area contributed by atoms with Crippen LogP contribution >= 0.6 is 0 Å². The van der Waals surface area contributed by atoms with Crippen LogP contribution in [0.25, 0.3) is 0 Å². The SMILES string of the molecule is CC(NC(=O)N1CC(C(=O)O)CC(c2cnn(C)c2)C1)c1ccccc1. The van der Waals surface area contributed by atoms with Gasteiger partial charge < -0.3 is 15.3 Å². The summed E-state index contributed by atoms with van der Waals surface area (Å²) in [5.74, 6) is -1.48. The Balaban J connectivity index is 1.72. The third kappa shape index (κ3) is 4.04. The third-order valence-electron chi connectivity index (χ3n) is 4.92. The van der Waals surface area contributed by atoms with Crippen LogP contribution in [0.5, 0.6) is 0 Å². The highest BCUT2D eigenvalue weighted by Crippen LogP contribution is 2.30. The van der Waals surface area contributed by atoms with E-state index in [-0.39, 0.29) is 24.5 Å². The van der Waals surface area contributed by atoms with E-state index in [1.807, 2.05) is 50.5 Å². The number of amides is 2. The van der Waals surface area contributed by atoms with Crippen LogP contribution in [0, 0.1) is 5.92 Å². The second-order valence-electron chi connectivity index (χ2n) is 6.90. The highest BCUT2D eigenvalue weighted by Gasteiger charge is 2.35. The number of piperidine rings is 1. The molecule has 0 aliphatic carbocycles. The Labute approximate surface area is 152 Å². The smallest absolute Gasteiger partial charge is 0.317 e. The number of carbonyl (C=O) groups excluding carboxylic acids is 1. The van der Waals surface area contributed by atoms with Crippen molar-refractivity contribution in [1.82, 2.24) is 20.0 Å². The minimum atomic E-state index is -0.868. The Morgan fingerprint density at radius 2 is 2.00 bits per heavy atom. The fraction of sp³-hybridized carbons (Fsp3) is 0.421. The molecule has 0 radical (unpaired) electrons. The second-order valence-corrected chi connectivity index (χ2v) is 6.90. The summed E-state index contributed by atoms with van der Waals surface area (Å²) in [6, 6.07) is 9.32. The zero-order valence-corrected chi connectivity index (χ0v) is 15.0. The number of urea groups is 1. The molecule has 1 aromatic heterocycles. The van der Waals surface area contributed by atoms with Crippen LogP contribution in [0.1, 0.15) is 36.4 Å². The molecule has 2 aromatic rings. The Kier molecular flexibility index (Phi) is 5.25. The predicted octanol–water partition coefficient (Wildman–Crippen LogP) is 2.38. The van der Waals surface area contributed by atoms with Crippen molar-refractivity contribution in [2.45, 2.75) is 25.3 Å². The van der Waals surface area contributed by atoms with E-state index in [4.69, 9.17) is 0 Å². The van der Waals surface area contributed by atoms with Gasteiger partial charge in [0, 0.05) is 32.3 Å². The zero-order chi connectivity index (χ0) is 18.7. The molecule has 1 aromatic carbocycles. The van der Waals surface area contributed by atoms with Crippen molar-refractivity contribution in [2.75, 3.05) is 13.1 Å². The number of aryl methyl sites for hydroxylation is 1. The van der Waals surface area contributed by atoms with Crippen molar-refractivity contribution in [1.29, 1.82) is 0 Å². The number of hydrogen-bond acceptors (Lipinski definition) is 3. The normalized spacial score (nSPS) is 21.2. The summed E-state index contributed by atoms with van der Waals surface area (Å²) in [5.41, 5.74) is 1.98. The Bertz CT molecular complexity index is 774. The summed E-state index contributed by atoms with van der Waals surface area (Å²) in [4.78, 5) is 25.9. The maximum atomic E-state index is 12.7. The lowest BCUT2D eigenvalue weighted by molar-refractivity contribution is -0.143. The van der Waals surface area contributed by atoms with Crippen LogP contribution in [-0.4, -0.2) is 44.9 Å². The number of carbonyl (C=O) groups is 2. The number of aliphatic carboxylic acids is 1. The minimum absolute atomic E-state index is 0.0312. The largest absolute Gasteiger partial charge is 0.481 e. The van der Waals surface area contributed by atoms with Crippen molar-refractivity contribution in [3.8, 4) is 0 Å². The fourth-order valence-corrected chi connectivity index (χ4v) is 3.44. The van der Waals surface area contributed by atoms with Gasteiger partial charge >= 0.3 is 12.0 Å². The molecule has 1 saturated heterocycles. The Morgan fingerprint density at radius 1 is 1.27 bits per heavy atom. The molecule has 2 N–H and O–H groups in total. The van der Waals surface area contributed by atoms with E-state index in [1.165, 1.54) is 0 Å². The molecule has 7 nitrogen and oxygen atoms in total. The summed E-state index contributed by atoms with van der Waals surface area (Å²) in [5, 5.41) is 16.6. The molecule has 7 heteroatoms. The molecule has 3 unspecified atom stereocenters. The third-order valence-corrected chi connectivity index (χ3v) is 4.92. The first kappa shape index (κ1) is 18.0. The van der Waals surface area contributed by atoms with E-state index in [9.17, 15) is 14.7 Å². The molecule has 1 fully saturated rings. The topological polar surface area (TPSA) is 87.5 Å². The number of hydrogen-bond donors (Lipinski definition) is 2. The van der Waals surface area contributed by atoms with Crippen molar-refractivity contribution in [2.24, 2.45) is 13.0 Å². The van der Waals surface area contributed by atoms with Crippen LogP contribution < -0.4 is 5.32 Å². The second kappa shape index (κ2) is 7.59. The molecule has 3 atom stereocenters.